The molecule has 1 aromatic rings. The second-order valence-corrected chi connectivity index (χ2v) is 4.57. The van der Waals surface area contributed by atoms with Crippen LogP contribution in [0.25, 0.3) is 0 Å². The van der Waals surface area contributed by atoms with Gasteiger partial charge in [-0.3, -0.25) is 4.79 Å². The first-order valence-corrected chi connectivity index (χ1v) is 6.18. The van der Waals surface area contributed by atoms with Crippen LogP contribution in [0.1, 0.15) is 17.5 Å². The molecule has 1 aliphatic heterocycles. The van der Waals surface area contributed by atoms with Crippen LogP contribution in [0, 0.1) is 11.6 Å². The maximum Gasteiger partial charge on any atom is 0.317 e. The van der Waals surface area contributed by atoms with Crippen molar-refractivity contribution in [1.29, 1.82) is 0 Å². The van der Waals surface area contributed by atoms with E-state index in [1.807, 2.05) is 0 Å². The third kappa shape index (κ3) is 3.23. The highest BCUT2D eigenvalue weighted by molar-refractivity contribution is 5.75. The van der Waals surface area contributed by atoms with E-state index in [4.69, 9.17) is 5.11 Å². The topological polar surface area (TPSA) is 69.6 Å². The van der Waals surface area contributed by atoms with Crippen LogP contribution in [-0.2, 0) is 17.8 Å². The van der Waals surface area contributed by atoms with E-state index >= 15 is 0 Å². The molecule has 108 valence electrons. The predicted octanol–water partition coefficient (Wildman–Crippen LogP) is 1.51. The number of urea groups is 1. The molecule has 2 amide bonds. The van der Waals surface area contributed by atoms with Gasteiger partial charge in [0, 0.05) is 25.7 Å². The molecule has 0 bridgehead atoms. The summed E-state index contributed by atoms with van der Waals surface area (Å²) in [6.07, 6.45) is 0.146. The SMILES string of the molecule is O=C(O)CCNC(=O)N1CCc2c(F)cc(F)cc2C1. The van der Waals surface area contributed by atoms with Crippen LogP contribution >= 0.6 is 0 Å². The first-order valence-electron chi connectivity index (χ1n) is 6.18. The molecule has 1 aromatic carbocycles. The number of rotatable bonds is 3. The second-order valence-electron chi connectivity index (χ2n) is 4.57. The van der Waals surface area contributed by atoms with Gasteiger partial charge in [0.25, 0.3) is 0 Å². The smallest absolute Gasteiger partial charge is 0.317 e. The number of nitrogens with one attached hydrogen (secondary N) is 1. The van der Waals surface area contributed by atoms with Gasteiger partial charge in [-0.15, -0.1) is 0 Å². The number of hydrogen-bond donors (Lipinski definition) is 2. The molecule has 0 atom stereocenters. The van der Waals surface area contributed by atoms with E-state index in [1.54, 1.807) is 0 Å². The fourth-order valence-electron chi connectivity index (χ4n) is 2.17. The average molecular weight is 284 g/mol. The number of aliphatic carboxylic acids is 1. The molecular formula is C13H14F2N2O3. The Hall–Kier alpha value is -2.18. The standard InChI is InChI=1S/C13H14F2N2O3/c14-9-5-8-7-17(4-2-10(8)11(15)6-9)13(20)16-3-1-12(18)19/h5-6H,1-4,7H2,(H,16,20)(H,18,19). The summed E-state index contributed by atoms with van der Waals surface area (Å²) in [5.74, 6) is -2.27. The highest BCUT2D eigenvalue weighted by Gasteiger charge is 2.23. The number of fused-ring (bicyclic) bond motifs is 1. The largest absolute Gasteiger partial charge is 0.481 e. The molecule has 2 rings (SSSR count). The van der Waals surface area contributed by atoms with Gasteiger partial charge in [-0.1, -0.05) is 0 Å². The normalized spacial score (nSPS) is 13.8. The highest BCUT2D eigenvalue weighted by Crippen LogP contribution is 2.23. The molecule has 1 aliphatic rings. The minimum Gasteiger partial charge on any atom is -0.481 e. The monoisotopic (exact) mass is 284 g/mol. The van der Waals surface area contributed by atoms with Gasteiger partial charge >= 0.3 is 12.0 Å². The molecule has 7 heteroatoms. The lowest BCUT2D eigenvalue weighted by atomic mass is 9.99. The van der Waals surface area contributed by atoms with Crippen LogP contribution in [-0.4, -0.2) is 35.1 Å². The van der Waals surface area contributed by atoms with Crippen molar-refractivity contribution in [3.8, 4) is 0 Å². The van der Waals surface area contributed by atoms with Crippen molar-refractivity contribution in [1.82, 2.24) is 10.2 Å². The zero-order valence-corrected chi connectivity index (χ0v) is 10.7. The minimum atomic E-state index is -1.00. The van der Waals surface area contributed by atoms with Gasteiger partial charge in [-0.25, -0.2) is 13.6 Å². The zero-order valence-electron chi connectivity index (χ0n) is 10.7. The lowest BCUT2D eigenvalue weighted by molar-refractivity contribution is -0.136. The minimum absolute atomic E-state index is 0.0229. The molecule has 0 fully saturated rings. The molecular weight excluding hydrogens is 270 g/mol. The Bertz CT molecular complexity index is 549. The molecule has 0 saturated heterocycles. The number of benzene rings is 1. The summed E-state index contributed by atoms with van der Waals surface area (Å²) in [4.78, 5) is 23.5. The Morgan fingerprint density at radius 1 is 1.35 bits per heavy atom. The molecule has 0 saturated carbocycles. The first-order chi connectivity index (χ1) is 9.47. The molecule has 0 spiro atoms. The summed E-state index contributed by atoms with van der Waals surface area (Å²) < 4.78 is 26.7. The Morgan fingerprint density at radius 2 is 2.10 bits per heavy atom. The summed E-state index contributed by atoms with van der Waals surface area (Å²) in [5.41, 5.74) is 0.878. The number of nitrogens with zero attached hydrogens (tertiary/aromatic N) is 1. The fourth-order valence-corrected chi connectivity index (χ4v) is 2.17. The molecule has 0 unspecified atom stereocenters. The summed E-state index contributed by atoms with van der Waals surface area (Å²) in [6.45, 7) is 0.451. The van der Waals surface area contributed by atoms with E-state index in [1.165, 1.54) is 11.0 Å². The lowest BCUT2D eigenvalue weighted by Crippen LogP contribution is -2.43. The lowest BCUT2D eigenvalue weighted by Gasteiger charge is -2.29. The van der Waals surface area contributed by atoms with Crippen LogP contribution in [0.2, 0.25) is 0 Å². The summed E-state index contributed by atoms with van der Waals surface area (Å²) in [6, 6.07) is 1.62. The third-order valence-electron chi connectivity index (χ3n) is 3.15. The molecule has 0 aliphatic carbocycles. The Labute approximate surface area is 114 Å². The van der Waals surface area contributed by atoms with Gasteiger partial charge in [-0.2, -0.15) is 0 Å². The van der Waals surface area contributed by atoms with E-state index < -0.39 is 23.6 Å². The third-order valence-corrected chi connectivity index (χ3v) is 3.15. The quantitative estimate of drug-likeness (QED) is 0.884. The first kappa shape index (κ1) is 14.2. The average Bonchev–Trinajstić information content (AvgIpc) is 2.37. The molecule has 20 heavy (non-hydrogen) atoms. The van der Waals surface area contributed by atoms with Gasteiger partial charge in [0.05, 0.1) is 6.42 Å². The number of carbonyl (C=O) groups is 2. The van der Waals surface area contributed by atoms with Crippen LogP contribution < -0.4 is 5.32 Å². The summed E-state index contributed by atoms with van der Waals surface area (Å²) >= 11 is 0. The van der Waals surface area contributed by atoms with E-state index in [0.717, 1.165) is 6.07 Å². The van der Waals surface area contributed by atoms with E-state index in [0.29, 0.717) is 24.1 Å². The van der Waals surface area contributed by atoms with Crippen molar-refractivity contribution in [2.45, 2.75) is 19.4 Å². The summed E-state index contributed by atoms with van der Waals surface area (Å²) in [5, 5.41) is 10.9. The fraction of sp³-hybridized carbons (Fsp3) is 0.385. The van der Waals surface area contributed by atoms with E-state index in [9.17, 15) is 18.4 Å². The molecule has 5 nitrogen and oxygen atoms in total. The van der Waals surface area contributed by atoms with Crippen molar-refractivity contribution < 1.29 is 23.5 Å². The van der Waals surface area contributed by atoms with Gasteiger partial charge in [0.1, 0.15) is 11.6 Å². The molecule has 0 radical (unpaired) electrons. The summed E-state index contributed by atoms with van der Waals surface area (Å²) in [7, 11) is 0. The Kier molecular flexibility index (Phi) is 4.16. The van der Waals surface area contributed by atoms with Crippen molar-refractivity contribution in [2.75, 3.05) is 13.1 Å². The van der Waals surface area contributed by atoms with Crippen LogP contribution in [0.3, 0.4) is 0 Å². The van der Waals surface area contributed by atoms with Crippen molar-refractivity contribution in [3.05, 3.63) is 34.9 Å². The van der Waals surface area contributed by atoms with Crippen molar-refractivity contribution in [3.63, 3.8) is 0 Å². The van der Waals surface area contributed by atoms with E-state index in [2.05, 4.69) is 5.32 Å². The number of halogens is 2. The van der Waals surface area contributed by atoms with Crippen molar-refractivity contribution in [2.24, 2.45) is 0 Å². The van der Waals surface area contributed by atoms with Gasteiger partial charge in [-0.05, 0) is 23.6 Å². The second kappa shape index (κ2) is 5.85. The molecule has 2 N–H and O–H groups in total. The molecule has 1 heterocycles. The number of hydrogen-bond acceptors (Lipinski definition) is 2. The predicted molar refractivity (Wildman–Crippen MR) is 66.1 cm³/mol. The maximum absolute atomic E-state index is 13.5. The van der Waals surface area contributed by atoms with Crippen molar-refractivity contribution >= 4 is 12.0 Å². The Balaban J connectivity index is 2.00. The van der Waals surface area contributed by atoms with Crippen LogP contribution in [0.4, 0.5) is 13.6 Å². The number of amides is 2. The molecule has 0 aromatic heterocycles. The zero-order chi connectivity index (χ0) is 14.7. The van der Waals surface area contributed by atoms with Gasteiger partial charge < -0.3 is 15.3 Å². The van der Waals surface area contributed by atoms with Gasteiger partial charge in [0.2, 0.25) is 0 Å². The number of carbonyl (C=O) groups excluding carboxylic acids is 1. The Morgan fingerprint density at radius 3 is 2.80 bits per heavy atom. The highest BCUT2D eigenvalue weighted by atomic mass is 19.1. The van der Waals surface area contributed by atoms with Crippen LogP contribution in [0.15, 0.2) is 12.1 Å². The number of carboxylic acids is 1. The maximum atomic E-state index is 13.5. The van der Waals surface area contributed by atoms with E-state index in [-0.39, 0.29) is 19.5 Å². The van der Waals surface area contributed by atoms with Crippen LogP contribution in [0.5, 0.6) is 0 Å². The van der Waals surface area contributed by atoms with Gasteiger partial charge in [0.15, 0.2) is 0 Å². The number of carboxylic acid groups (broad SMARTS) is 1.